The molecule has 1 aliphatic carbocycles. The third-order valence-electron chi connectivity index (χ3n) is 4.82. The summed E-state index contributed by atoms with van der Waals surface area (Å²) in [5, 5.41) is 5.62. The lowest BCUT2D eigenvalue weighted by atomic mass is 10.2. The highest BCUT2D eigenvalue weighted by Crippen LogP contribution is 2.22. The summed E-state index contributed by atoms with van der Waals surface area (Å²) in [4.78, 5) is 40.0. The fourth-order valence-electron chi connectivity index (χ4n) is 3.14. The summed E-state index contributed by atoms with van der Waals surface area (Å²) in [5.41, 5.74) is 1.03. The highest BCUT2D eigenvalue weighted by molar-refractivity contribution is 5.89. The predicted molar refractivity (Wildman–Crippen MR) is 97.2 cm³/mol. The summed E-state index contributed by atoms with van der Waals surface area (Å²) >= 11 is 0. The van der Waals surface area contributed by atoms with Crippen molar-refractivity contribution in [2.75, 3.05) is 20.1 Å². The molecule has 4 amide bonds. The molecule has 1 atom stereocenters. The van der Waals surface area contributed by atoms with Gasteiger partial charge in [-0.1, -0.05) is 30.3 Å². The Morgan fingerprint density at radius 2 is 1.88 bits per heavy atom. The summed E-state index contributed by atoms with van der Waals surface area (Å²) in [7, 11) is 1.71. The van der Waals surface area contributed by atoms with Crippen molar-refractivity contribution in [2.24, 2.45) is 0 Å². The third-order valence-corrected chi connectivity index (χ3v) is 4.82. The Bertz CT molecular complexity index is 660. The number of urea groups is 1. The number of hydrogen-bond acceptors (Lipinski definition) is 3. The van der Waals surface area contributed by atoms with Gasteiger partial charge >= 0.3 is 6.03 Å². The summed E-state index contributed by atoms with van der Waals surface area (Å²) in [5.74, 6) is -0.243. The van der Waals surface area contributed by atoms with Gasteiger partial charge in [0.15, 0.2) is 0 Å². The van der Waals surface area contributed by atoms with Gasteiger partial charge in [-0.15, -0.1) is 0 Å². The molecule has 1 aromatic rings. The molecule has 1 aliphatic heterocycles. The number of amides is 4. The molecule has 7 nitrogen and oxygen atoms in total. The van der Waals surface area contributed by atoms with Crippen LogP contribution in [0.4, 0.5) is 4.79 Å². The third kappa shape index (κ3) is 4.74. The minimum absolute atomic E-state index is 0.0738. The Kier molecular flexibility index (Phi) is 5.75. The standard InChI is InChI=1S/C19H26N4O3/c1-22(13-14-6-3-2-4-7-14)17(24)12-20-19(26)23-11-5-8-16(23)18(25)21-15-9-10-15/h2-4,6-7,15-16H,5,8-13H2,1H3,(H,20,26)(H,21,25). The van der Waals surface area contributed by atoms with E-state index >= 15 is 0 Å². The van der Waals surface area contributed by atoms with E-state index in [0.717, 1.165) is 24.8 Å². The van der Waals surface area contributed by atoms with Gasteiger partial charge in [-0.2, -0.15) is 0 Å². The minimum Gasteiger partial charge on any atom is -0.352 e. The number of nitrogens with one attached hydrogen (secondary N) is 2. The number of carbonyl (C=O) groups is 3. The molecule has 7 heteroatoms. The number of benzene rings is 1. The smallest absolute Gasteiger partial charge is 0.318 e. The summed E-state index contributed by atoms with van der Waals surface area (Å²) in [6.07, 6.45) is 3.52. The highest BCUT2D eigenvalue weighted by atomic mass is 16.2. The number of nitrogens with zero attached hydrogens (tertiary/aromatic N) is 2. The van der Waals surface area contributed by atoms with Crippen LogP contribution in [0.5, 0.6) is 0 Å². The van der Waals surface area contributed by atoms with Crippen LogP contribution < -0.4 is 10.6 Å². The molecular formula is C19H26N4O3. The largest absolute Gasteiger partial charge is 0.352 e. The molecule has 2 aliphatic rings. The van der Waals surface area contributed by atoms with E-state index in [-0.39, 0.29) is 30.4 Å². The quantitative estimate of drug-likeness (QED) is 0.799. The number of rotatable bonds is 6. The summed E-state index contributed by atoms with van der Waals surface area (Å²) < 4.78 is 0. The molecule has 26 heavy (non-hydrogen) atoms. The molecule has 1 saturated heterocycles. The molecule has 1 heterocycles. The Hall–Kier alpha value is -2.57. The van der Waals surface area contributed by atoms with Crippen molar-refractivity contribution in [2.45, 2.75) is 44.3 Å². The van der Waals surface area contributed by atoms with Crippen LogP contribution >= 0.6 is 0 Å². The predicted octanol–water partition coefficient (Wildman–Crippen LogP) is 1.10. The molecule has 1 aromatic carbocycles. The molecule has 140 valence electrons. The normalized spacial score (nSPS) is 19.1. The Labute approximate surface area is 153 Å². The maximum absolute atomic E-state index is 12.4. The van der Waals surface area contributed by atoms with Crippen LogP contribution in [0.25, 0.3) is 0 Å². The lowest BCUT2D eigenvalue weighted by Crippen LogP contribution is -2.51. The summed E-state index contributed by atoms with van der Waals surface area (Å²) in [6.45, 7) is 0.962. The van der Waals surface area contributed by atoms with Crippen LogP contribution in [0.1, 0.15) is 31.2 Å². The zero-order valence-corrected chi connectivity index (χ0v) is 15.1. The van der Waals surface area contributed by atoms with E-state index in [4.69, 9.17) is 0 Å². The number of hydrogen-bond donors (Lipinski definition) is 2. The van der Waals surface area contributed by atoms with Crippen LogP contribution in [0.15, 0.2) is 30.3 Å². The molecule has 1 saturated carbocycles. The monoisotopic (exact) mass is 358 g/mol. The van der Waals surface area contributed by atoms with Gasteiger partial charge in [0.25, 0.3) is 0 Å². The Balaban J connectivity index is 1.46. The van der Waals surface area contributed by atoms with Crippen molar-refractivity contribution in [1.29, 1.82) is 0 Å². The van der Waals surface area contributed by atoms with Gasteiger partial charge in [-0.3, -0.25) is 9.59 Å². The maximum Gasteiger partial charge on any atom is 0.318 e. The van der Waals surface area contributed by atoms with Crippen LogP contribution in [0.3, 0.4) is 0 Å². The van der Waals surface area contributed by atoms with Gasteiger partial charge in [-0.05, 0) is 31.2 Å². The molecule has 0 aromatic heterocycles. The van der Waals surface area contributed by atoms with Gasteiger partial charge in [0.2, 0.25) is 11.8 Å². The van der Waals surface area contributed by atoms with Crippen molar-refractivity contribution in [1.82, 2.24) is 20.4 Å². The van der Waals surface area contributed by atoms with E-state index < -0.39 is 6.04 Å². The van der Waals surface area contributed by atoms with E-state index in [0.29, 0.717) is 19.5 Å². The molecule has 2 fully saturated rings. The number of carbonyl (C=O) groups excluding carboxylic acids is 3. The first-order chi connectivity index (χ1) is 12.5. The van der Waals surface area contributed by atoms with Crippen molar-refractivity contribution in [3.63, 3.8) is 0 Å². The Morgan fingerprint density at radius 1 is 1.15 bits per heavy atom. The topological polar surface area (TPSA) is 81.8 Å². The van der Waals surface area contributed by atoms with Gasteiger partial charge in [0.05, 0.1) is 6.54 Å². The first-order valence-corrected chi connectivity index (χ1v) is 9.17. The lowest BCUT2D eigenvalue weighted by Gasteiger charge is -2.25. The van der Waals surface area contributed by atoms with Crippen molar-refractivity contribution >= 4 is 17.8 Å². The maximum atomic E-state index is 12.4. The van der Waals surface area contributed by atoms with Crippen molar-refractivity contribution in [3.05, 3.63) is 35.9 Å². The first kappa shape index (κ1) is 18.2. The second-order valence-electron chi connectivity index (χ2n) is 7.03. The molecule has 2 N–H and O–H groups in total. The van der Waals surface area contributed by atoms with Crippen LogP contribution in [-0.4, -0.2) is 59.9 Å². The second kappa shape index (κ2) is 8.21. The van der Waals surface area contributed by atoms with E-state index in [1.165, 1.54) is 0 Å². The van der Waals surface area contributed by atoms with Crippen LogP contribution in [0, 0.1) is 0 Å². The molecule has 0 spiro atoms. The second-order valence-corrected chi connectivity index (χ2v) is 7.03. The fourth-order valence-corrected chi connectivity index (χ4v) is 3.14. The number of likely N-dealkylation sites (N-methyl/N-ethyl adjacent to an activating group) is 1. The van der Waals surface area contributed by atoms with Crippen LogP contribution in [0.2, 0.25) is 0 Å². The average Bonchev–Trinajstić information content (AvgIpc) is 3.31. The average molecular weight is 358 g/mol. The van der Waals surface area contributed by atoms with Gasteiger partial charge in [-0.25, -0.2) is 4.79 Å². The SMILES string of the molecule is CN(Cc1ccccc1)C(=O)CNC(=O)N1CCCC1C(=O)NC1CC1. The van der Waals surface area contributed by atoms with Gasteiger partial charge < -0.3 is 20.4 Å². The highest BCUT2D eigenvalue weighted by Gasteiger charge is 2.36. The fraction of sp³-hybridized carbons (Fsp3) is 0.526. The Morgan fingerprint density at radius 3 is 2.58 bits per heavy atom. The zero-order chi connectivity index (χ0) is 18.5. The van der Waals surface area contributed by atoms with E-state index in [1.807, 2.05) is 30.3 Å². The molecule has 0 bridgehead atoms. The first-order valence-electron chi connectivity index (χ1n) is 9.17. The molecule has 1 unspecified atom stereocenters. The van der Waals surface area contributed by atoms with E-state index in [2.05, 4.69) is 10.6 Å². The lowest BCUT2D eigenvalue weighted by molar-refractivity contribution is -0.129. The molecule has 0 radical (unpaired) electrons. The summed E-state index contributed by atoms with van der Waals surface area (Å²) in [6, 6.07) is 9.20. The zero-order valence-electron chi connectivity index (χ0n) is 15.1. The van der Waals surface area contributed by atoms with Gasteiger partial charge in [0.1, 0.15) is 6.04 Å². The van der Waals surface area contributed by atoms with E-state index in [9.17, 15) is 14.4 Å². The van der Waals surface area contributed by atoms with Crippen molar-refractivity contribution < 1.29 is 14.4 Å². The van der Waals surface area contributed by atoms with E-state index in [1.54, 1.807) is 16.8 Å². The minimum atomic E-state index is -0.423. The van der Waals surface area contributed by atoms with Crippen LogP contribution in [-0.2, 0) is 16.1 Å². The van der Waals surface area contributed by atoms with Gasteiger partial charge in [0, 0.05) is 26.2 Å². The number of likely N-dealkylation sites (tertiary alicyclic amines) is 1. The van der Waals surface area contributed by atoms with Crippen molar-refractivity contribution in [3.8, 4) is 0 Å². The molecular weight excluding hydrogens is 332 g/mol. The molecule has 3 rings (SSSR count).